The zero-order chi connectivity index (χ0) is 14.0. The summed E-state index contributed by atoms with van der Waals surface area (Å²) >= 11 is 0. The van der Waals surface area contributed by atoms with Crippen molar-refractivity contribution >= 4 is 10.0 Å². The Hall–Kier alpha value is -0.920. The van der Waals surface area contributed by atoms with Gasteiger partial charge in [-0.25, -0.2) is 13.1 Å². The first kappa shape index (κ1) is 14.5. The van der Waals surface area contributed by atoms with Gasteiger partial charge in [-0.15, -0.1) is 0 Å². The summed E-state index contributed by atoms with van der Waals surface area (Å²) in [6, 6.07) is -0.0372. The van der Waals surface area contributed by atoms with Crippen molar-refractivity contribution in [1.29, 1.82) is 0 Å². The van der Waals surface area contributed by atoms with Crippen LogP contribution in [0.5, 0.6) is 0 Å². The molecule has 0 radical (unpaired) electrons. The number of nitrogens with zero attached hydrogens (tertiary/aromatic N) is 1. The van der Waals surface area contributed by atoms with Crippen molar-refractivity contribution in [2.45, 2.75) is 50.8 Å². The van der Waals surface area contributed by atoms with E-state index >= 15 is 0 Å². The normalized spacial score (nSPS) is 27.8. The third kappa shape index (κ3) is 2.82. The SMILES string of the molecule is CCC1CCC(NS(=O)(=O)c2[nH]ncc2CO)C1C. The number of H-pyrrole nitrogens is 1. The Morgan fingerprint density at radius 1 is 1.53 bits per heavy atom. The molecule has 3 unspecified atom stereocenters. The predicted molar refractivity (Wildman–Crippen MR) is 70.8 cm³/mol. The van der Waals surface area contributed by atoms with Crippen LogP contribution in [0.15, 0.2) is 11.2 Å². The fraction of sp³-hybridized carbons (Fsp3) is 0.750. The quantitative estimate of drug-likeness (QED) is 0.753. The van der Waals surface area contributed by atoms with Gasteiger partial charge in [0.15, 0.2) is 5.03 Å². The molecule has 1 saturated carbocycles. The number of rotatable bonds is 5. The van der Waals surface area contributed by atoms with Crippen LogP contribution in [0.4, 0.5) is 0 Å². The van der Waals surface area contributed by atoms with Gasteiger partial charge in [0.25, 0.3) is 10.0 Å². The van der Waals surface area contributed by atoms with Gasteiger partial charge in [-0.2, -0.15) is 5.10 Å². The maximum atomic E-state index is 12.3. The third-order valence-corrected chi connectivity index (χ3v) is 5.68. The maximum Gasteiger partial charge on any atom is 0.258 e. The Labute approximate surface area is 113 Å². The van der Waals surface area contributed by atoms with Crippen LogP contribution in [0.25, 0.3) is 0 Å². The second-order valence-corrected chi connectivity index (χ2v) is 6.87. The van der Waals surface area contributed by atoms with E-state index in [1.807, 2.05) is 0 Å². The third-order valence-electron chi connectivity index (χ3n) is 4.17. The average molecular weight is 287 g/mol. The molecule has 1 aromatic heterocycles. The molecule has 0 aromatic carbocycles. The van der Waals surface area contributed by atoms with Crippen molar-refractivity contribution < 1.29 is 13.5 Å². The molecule has 1 heterocycles. The summed E-state index contributed by atoms with van der Waals surface area (Å²) in [6.45, 7) is 3.88. The lowest BCUT2D eigenvalue weighted by Crippen LogP contribution is -2.38. The highest BCUT2D eigenvalue weighted by atomic mass is 32.2. The fourth-order valence-corrected chi connectivity index (χ4v) is 4.38. The molecule has 3 N–H and O–H groups in total. The van der Waals surface area contributed by atoms with Crippen molar-refractivity contribution in [3.63, 3.8) is 0 Å². The predicted octanol–water partition coefficient (Wildman–Crippen LogP) is 1.00. The van der Waals surface area contributed by atoms with Crippen LogP contribution in [-0.4, -0.2) is 29.8 Å². The van der Waals surface area contributed by atoms with Crippen molar-refractivity contribution in [2.75, 3.05) is 0 Å². The van der Waals surface area contributed by atoms with Gasteiger partial charge in [0, 0.05) is 11.6 Å². The van der Waals surface area contributed by atoms with Gasteiger partial charge in [-0.05, 0) is 24.7 Å². The lowest BCUT2D eigenvalue weighted by atomic mass is 9.94. The molecule has 6 nitrogen and oxygen atoms in total. The monoisotopic (exact) mass is 287 g/mol. The summed E-state index contributed by atoms with van der Waals surface area (Å²) in [5.41, 5.74) is 0.296. The Bertz CT molecular complexity index is 526. The number of nitrogens with one attached hydrogen (secondary N) is 2. The molecule has 2 rings (SSSR count). The fourth-order valence-electron chi connectivity index (χ4n) is 2.89. The molecule has 0 spiro atoms. The second-order valence-electron chi connectivity index (χ2n) is 5.22. The number of aromatic nitrogens is 2. The topological polar surface area (TPSA) is 95.1 Å². The minimum absolute atomic E-state index is 0.0258. The molecule has 3 atom stereocenters. The maximum absolute atomic E-state index is 12.3. The van der Waals surface area contributed by atoms with Gasteiger partial charge in [0.1, 0.15) is 0 Å². The first-order chi connectivity index (χ1) is 8.99. The molecular formula is C12H21N3O3S. The van der Waals surface area contributed by atoms with E-state index in [4.69, 9.17) is 5.11 Å². The highest BCUT2D eigenvalue weighted by Crippen LogP contribution is 2.34. The first-order valence-electron chi connectivity index (χ1n) is 6.65. The van der Waals surface area contributed by atoms with Crippen molar-refractivity contribution in [3.05, 3.63) is 11.8 Å². The van der Waals surface area contributed by atoms with Gasteiger partial charge in [0.05, 0.1) is 12.8 Å². The smallest absolute Gasteiger partial charge is 0.258 e. The molecular weight excluding hydrogens is 266 g/mol. The Morgan fingerprint density at radius 3 is 2.84 bits per heavy atom. The summed E-state index contributed by atoms with van der Waals surface area (Å²) in [5, 5.41) is 15.2. The largest absolute Gasteiger partial charge is 0.392 e. The first-order valence-corrected chi connectivity index (χ1v) is 8.13. The van der Waals surface area contributed by atoms with Gasteiger partial charge in [0.2, 0.25) is 0 Å². The van der Waals surface area contributed by atoms with E-state index in [2.05, 4.69) is 28.8 Å². The van der Waals surface area contributed by atoms with Crippen molar-refractivity contribution in [3.8, 4) is 0 Å². The van der Waals surface area contributed by atoms with Crippen molar-refractivity contribution in [2.24, 2.45) is 11.8 Å². The van der Waals surface area contributed by atoms with Crippen LogP contribution in [0.2, 0.25) is 0 Å². The van der Waals surface area contributed by atoms with Gasteiger partial charge in [-0.1, -0.05) is 20.3 Å². The standard InChI is InChI=1S/C12H21N3O3S/c1-3-9-4-5-11(8(9)2)15-19(17,18)12-10(7-16)6-13-14-12/h6,8-9,11,15-16H,3-5,7H2,1-2H3,(H,13,14). The Balaban J connectivity index is 2.15. The molecule has 0 aliphatic heterocycles. The summed E-state index contributed by atoms with van der Waals surface area (Å²) < 4.78 is 27.3. The number of aliphatic hydroxyl groups excluding tert-OH is 1. The number of aromatic amines is 1. The van der Waals surface area contributed by atoms with Crippen LogP contribution in [0.1, 0.15) is 38.7 Å². The number of sulfonamides is 1. The molecule has 1 aromatic rings. The van der Waals surface area contributed by atoms with Crippen LogP contribution in [-0.2, 0) is 16.6 Å². The molecule has 0 bridgehead atoms. The van der Waals surface area contributed by atoms with E-state index in [1.54, 1.807) is 0 Å². The van der Waals surface area contributed by atoms with Crippen molar-refractivity contribution in [1.82, 2.24) is 14.9 Å². The Morgan fingerprint density at radius 2 is 2.26 bits per heavy atom. The van der Waals surface area contributed by atoms with E-state index in [-0.39, 0.29) is 17.7 Å². The lowest BCUT2D eigenvalue weighted by molar-refractivity contribution is 0.278. The molecule has 1 fully saturated rings. The van der Waals surface area contributed by atoms with E-state index in [9.17, 15) is 8.42 Å². The zero-order valence-corrected chi connectivity index (χ0v) is 12.1. The lowest BCUT2D eigenvalue weighted by Gasteiger charge is -2.20. The van der Waals surface area contributed by atoms with E-state index in [0.717, 1.165) is 19.3 Å². The average Bonchev–Trinajstić information content (AvgIpc) is 2.97. The van der Waals surface area contributed by atoms with Gasteiger partial charge >= 0.3 is 0 Å². The number of hydrogen-bond acceptors (Lipinski definition) is 4. The molecule has 108 valence electrons. The highest BCUT2D eigenvalue weighted by molar-refractivity contribution is 7.89. The van der Waals surface area contributed by atoms with E-state index in [1.165, 1.54) is 6.20 Å². The molecule has 0 amide bonds. The molecule has 0 saturated heterocycles. The minimum Gasteiger partial charge on any atom is -0.392 e. The van der Waals surface area contributed by atoms with Crippen LogP contribution < -0.4 is 4.72 Å². The molecule has 1 aliphatic rings. The number of hydrogen-bond donors (Lipinski definition) is 3. The number of aliphatic hydroxyl groups is 1. The zero-order valence-electron chi connectivity index (χ0n) is 11.3. The molecule has 19 heavy (non-hydrogen) atoms. The molecule has 7 heteroatoms. The van der Waals surface area contributed by atoms with E-state index < -0.39 is 10.0 Å². The molecule has 1 aliphatic carbocycles. The summed E-state index contributed by atoms with van der Waals surface area (Å²) in [5.74, 6) is 0.909. The summed E-state index contributed by atoms with van der Waals surface area (Å²) in [4.78, 5) is 0. The van der Waals surface area contributed by atoms with E-state index in [0.29, 0.717) is 17.4 Å². The minimum atomic E-state index is -3.64. The van der Waals surface area contributed by atoms with Gasteiger partial charge < -0.3 is 5.11 Å². The Kier molecular flexibility index (Phi) is 4.27. The second kappa shape index (κ2) is 5.60. The summed E-state index contributed by atoms with van der Waals surface area (Å²) in [7, 11) is -3.64. The van der Waals surface area contributed by atoms with Crippen LogP contribution in [0, 0.1) is 11.8 Å². The highest BCUT2D eigenvalue weighted by Gasteiger charge is 2.35. The van der Waals surface area contributed by atoms with Crippen LogP contribution in [0.3, 0.4) is 0 Å². The summed E-state index contributed by atoms with van der Waals surface area (Å²) in [6.07, 6.45) is 4.33. The van der Waals surface area contributed by atoms with Crippen LogP contribution >= 0.6 is 0 Å². The van der Waals surface area contributed by atoms with Gasteiger partial charge in [-0.3, -0.25) is 5.10 Å².